The summed E-state index contributed by atoms with van der Waals surface area (Å²) < 4.78 is 5.46. The van der Waals surface area contributed by atoms with Gasteiger partial charge in [-0.05, 0) is 43.5 Å². The maximum atomic E-state index is 12.6. The van der Waals surface area contributed by atoms with Crippen LogP contribution in [-0.4, -0.2) is 55.2 Å². The number of anilines is 3. The quantitative estimate of drug-likeness (QED) is 0.900. The van der Waals surface area contributed by atoms with Crippen LogP contribution in [0.4, 0.5) is 17.1 Å². The molecule has 4 rings (SSSR count). The highest BCUT2D eigenvalue weighted by Crippen LogP contribution is 2.29. The number of rotatable bonds is 4. The maximum absolute atomic E-state index is 12.6. The summed E-state index contributed by atoms with van der Waals surface area (Å²) in [6.45, 7) is 4.97. The molecule has 0 atom stereocenters. The minimum atomic E-state index is 0.0370. The van der Waals surface area contributed by atoms with E-state index >= 15 is 0 Å². The molecular formula is C21H26N4O2. The van der Waals surface area contributed by atoms with Crippen molar-refractivity contribution in [3.05, 3.63) is 48.3 Å². The first-order chi connectivity index (χ1) is 13.3. The number of morpholine rings is 1. The van der Waals surface area contributed by atoms with Crippen molar-refractivity contribution in [3.8, 4) is 0 Å². The number of nitrogens with zero attached hydrogens (tertiary/aromatic N) is 3. The van der Waals surface area contributed by atoms with Crippen LogP contribution in [0.3, 0.4) is 0 Å². The van der Waals surface area contributed by atoms with Crippen LogP contribution < -0.4 is 10.2 Å². The molecule has 0 bridgehead atoms. The predicted molar refractivity (Wildman–Crippen MR) is 107 cm³/mol. The third-order valence-electron chi connectivity index (χ3n) is 5.16. The highest BCUT2D eigenvalue weighted by molar-refractivity contribution is 5.92. The Morgan fingerprint density at radius 2 is 1.74 bits per heavy atom. The highest BCUT2D eigenvalue weighted by atomic mass is 16.5. The number of para-hydroxylation sites is 2. The molecule has 0 spiro atoms. The van der Waals surface area contributed by atoms with Gasteiger partial charge in [0.1, 0.15) is 5.69 Å². The van der Waals surface area contributed by atoms with Crippen LogP contribution in [0.15, 0.2) is 42.6 Å². The summed E-state index contributed by atoms with van der Waals surface area (Å²) in [5, 5.41) is 3.45. The predicted octanol–water partition coefficient (Wildman–Crippen LogP) is 3.29. The summed E-state index contributed by atoms with van der Waals surface area (Å²) in [5.41, 5.74) is 3.60. The molecule has 0 unspecified atom stereocenters. The van der Waals surface area contributed by atoms with Crippen molar-refractivity contribution in [2.75, 3.05) is 49.6 Å². The number of pyridine rings is 1. The van der Waals surface area contributed by atoms with E-state index < -0.39 is 0 Å². The van der Waals surface area contributed by atoms with E-state index in [-0.39, 0.29) is 5.91 Å². The summed E-state index contributed by atoms with van der Waals surface area (Å²) in [7, 11) is 0. The zero-order valence-corrected chi connectivity index (χ0v) is 15.6. The lowest BCUT2D eigenvalue weighted by atomic mass is 10.1. The van der Waals surface area contributed by atoms with E-state index in [4.69, 9.17) is 4.74 Å². The van der Waals surface area contributed by atoms with Crippen molar-refractivity contribution in [2.45, 2.75) is 19.3 Å². The fourth-order valence-corrected chi connectivity index (χ4v) is 3.67. The first-order valence-electron chi connectivity index (χ1n) is 9.75. The molecule has 2 aliphatic rings. The largest absolute Gasteiger partial charge is 0.378 e. The van der Waals surface area contributed by atoms with E-state index in [1.54, 1.807) is 6.20 Å². The molecule has 1 aromatic heterocycles. The molecule has 142 valence electrons. The Bertz CT molecular complexity index is 766. The second kappa shape index (κ2) is 8.39. The van der Waals surface area contributed by atoms with Crippen molar-refractivity contribution in [1.82, 2.24) is 9.88 Å². The van der Waals surface area contributed by atoms with Gasteiger partial charge in [0, 0.05) is 26.2 Å². The molecule has 2 saturated heterocycles. The molecule has 1 N–H and O–H groups in total. The summed E-state index contributed by atoms with van der Waals surface area (Å²) in [4.78, 5) is 21.2. The highest BCUT2D eigenvalue weighted by Gasteiger charge is 2.19. The van der Waals surface area contributed by atoms with Gasteiger partial charge in [-0.15, -0.1) is 0 Å². The molecule has 1 amide bonds. The van der Waals surface area contributed by atoms with Crippen LogP contribution in [0, 0.1) is 0 Å². The zero-order chi connectivity index (χ0) is 18.5. The van der Waals surface area contributed by atoms with Crippen LogP contribution in [0.2, 0.25) is 0 Å². The number of hydrogen-bond donors (Lipinski definition) is 1. The first kappa shape index (κ1) is 17.8. The van der Waals surface area contributed by atoms with E-state index in [2.05, 4.69) is 33.4 Å². The molecule has 27 heavy (non-hydrogen) atoms. The molecular weight excluding hydrogens is 340 g/mol. The SMILES string of the molecule is O=C(c1ccc(Nc2ccccc2N2CCOCC2)cn1)N1CCCCC1. The Balaban J connectivity index is 1.46. The third kappa shape index (κ3) is 4.22. The zero-order valence-electron chi connectivity index (χ0n) is 15.6. The average molecular weight is 366 g/mol. The van der Waals surface area contributed by atoms with E-state index in [1.165, 1.54) is 6.42 Å². The molecule has 0 aliphatic carbocycles. The molecule has 1 aromatic carbocycles. The number of carbonyl (C=O) groups is 1. The number of likely N-dealkylation sites (tertiary alicyclic amines) is 1. The minimum Gasteiger partial charge on any atom is -0.378 e. The molecule has 2 aromatic rings. The maximum Gasteiger partial charge on any atom is 0.272 e. The van der Waals surface area contributed by atoms with E-state index in [1.807, 2.05) is 23.1 Å². The van der Waals surface area contributed by atoms with Crippen molar-refractivity contribution in [3.63, 3.8) is 0 Å². The Morgan fingerprint density at radius 1 is 0.963 bits per heavy atom. The standard InChI is InChI=1S/C21H26N4O2/c26-21(25-10-4-1-5-11-25)19-9-8-17(16-22-19)23-18-6-2-3-7-20(18)24-12-14-27-15-13-24/h2-3,6-9,16,23H,1,4-5,10-15H2. The number of hydrogen-bond acceptors (Lipinski definition) is 5. The van der Waals surface area contributed by atoms with Gasteiger partial charge in [-0.25, -0.2) is 4.98 Å². The fraction of sp³-hybridized carbons (Fsp3) is 0.429. The van der Waals surface area contributed by atoms with Gasteiger partial charge in [-0.2, -0.15) is 0 Å². The lowest BCUT2D eigenvalue weighted by molar-refractivity contribution is 0.0718. The van der Waals surface area contributed by atoms with Gasteiger partial charge in [0.2, 0.25) is 0 Å². The van der Waals surface area contributed by atoms with Gasteiger partial charge in [0.15, 0.2) is 0 Å². The van der Waals surface area contributed by atoms with Crippen LogP contribution in [-0.2, 0) is 4.74 Å². The molecule has 3 heterocycles. The summed E-state index contributed by atoms with van der Waals surface area (Å²) >= 11 is 0. The van der Waals surface area contributed by atoms with Gasteiger partial charge in [0.05, 0.1) is 36.5 Å². The van der Waals surface area contributed by atoms with Crippen LogP contribution in [0.5, 0.6) is 0 Å². The van der Waals surface area contributed by atoms with E-state index in [0.29, 0.717) is 5.69 Å². The Labute approximate surface area is 160 Å². The Hall–Kier alpha value is -2.60. The number of piperidine rings is 1. The van der Waals surface area contributed by atoms with Crippen molar-refractivity contribution >= 4 is 23.0 Å². The lowest BCUT2D eigenvalue weighted by Gasteiger charge is -2.30. The smallest absolute Gasteiger partial charge is 0.272 e. The summed E-state index contributed by atoms with van der Waals surface area (Å²) in [5.74, 6) is 0.0370. The van der Waals surface area contributed by atoms with Gasteiger partial charge < -0.3 is 19.9 Å². The number of ether oxygens (including phenoxy) is 1. The fourth-order valence-electron chi connectivity index (χ4n) is 3.67. The number of nitrogens with one attached hydrogen (secondary N) is 1. The Morgan fingerprint density at radius 3 is 2.48 bits per heavy atom. The van der Waals surface area contributed by atoms with Crippen LogP contribution >= 0.6 is 0 Å². The minimum absolute atomic E-state index is 0.0370. The average Bonchev–Trinajstić information content (AvgIpc) is 2.75. The topological polar surface area (TPSA) is 57.7 Å². The number of amides is 1. The van der Waals surface area contributed by atoms with E-state index in [9.17, 15) is 4.79 Å². The van der Waals surface area contributed by atoms with Gasteiger partial charge in [-0.3, -0.25) is 4.79 Å². The summed E-state index contributed by atoms with van der Waals surface area (Å²) in [6, 6.07) is 12.0. The first-order valence-corrected chi connectivity index (χ1v) is 9.75. The van der Waals surface area contributed by atoms with Crippen molar-refractivity contribution in [2.24, 2.45) is 0 Å². The lowest BCUT2D eigenvalue weighted by Crippen LogP contribution is -2.36. The van der Waals surface area contributed by atoms with Gasteiger partial charge >= 0.3 is 0 Å². The molecule has 6 heteroatoms. The second-order valence-corrected chi connectivity index (χ2v) is 7.03. The number of benzene rings is 1. The van der Waals surface area contributed by atoms with Gasteiger partial charge in [-0.1, -0.05) is 12.1 Å². The summed E-state index contributed by atoms with van der Waals surface area (Å²) in [6.07, 6.45) is 5.13. The number of aromatic nitrogens is 1. The molecule has 0 saturated carbocycles. The molecule has 2 fully saturated rings. The monoisotopic (exact) mass is 366 g/mol. The van der Waals surface area contributed by atoms with Crippen LogP contribution in [0.1, 0.15) is 29.8 Å². The third-order valence-corrected chi connectivity index (χ3v) is 5.16. The normalized spacial score (nSPS) is 17.6. The number of carbonyl (C=O) groups excluding carboxylic acids is 1. The van der Waals surface area contributed by atoms with Gasteiger partial charge in [0.25, 0.3) is 5.91 Å². The molecule has 6 nitrogen and oxygen atoms in total. The van der Waals surface area contributed by atoms with Crippen LogP contribution in [0.25, 0.3) is 0 Å². The van der Waals surface area contributed by atoms with Crippen molar-refractivity contribution in [1.29, 1.82) is 0 Å². The molecule has 0 radical (unpaired) electrons. The second-order valence-electron chi connectivity index (χ2n) is 7.03. The molecule has 2 aliphatic heterocycles. The van der Waals surface area contributed by atoms with E-state index in [0.717, 1.165) is 69.3 Å². The Kier molecular flexibility index (Phi) is 5.53. The van der Waals surface area contributed by atoms with Crippen molar-refractivity contribution < 1.29 is 9.53 Å².